The fraction of sp³-hybridized carbons (Fsp3) is 0.222. The molecule has 1 aliphatic heterocycles. The zero-order valence-corrected chi connectivity index (χ0v) is 8.06. The van der Waals surface area contributed by atoms with Crippen molar-refractivity contribution in [2.45, 2.75) is 11.8 Å². The third-order valence-corrected chi connectivity index (χ3v) is 2.26. The van der Waals surface area contributed by atoms with Gasteiger partial charge < -0.3 is 10.2 Å². The van der Waals surface area contributed by atoms with E-state index in [0.717, 1.165) is 18.2 Å². The summed E-state index contributed by atoms with van der Waals surface area (Å²) < 4.78 is 37.9. The number of halogens is 3. The molecule has 0 saturated carbocycles. The number of carbonyl (C=O) groups is 1. The van der Waals surface area contributed by atoms with E-state index in [0.29, 0.717) is 0 Å². The van der Waals surface area contributed by atoms with Crippen LogP contribution in [0.3, 0.4) is 0 Å². The number of hydrogen-bond donors (Lipinski definition) is 2. The minimum Gasteiger partial charge on any atom is -0.508 e. The molecule has 2 N–H and O–H groups in total. The lowest BCUT2D eigenvalue weighted by molar-refractivity contribution is -0.166. The van der Waals surface area contributed by atoms with Gasteiger partial charge in [0.25, 0.3) is 0 Å². The summed E-state index contributed by atoms with van der Waals surface area (Å²) in [6.07, 6.45) is -4.75. The molecule has 0 aromatic heterocycles. The van der Waals surface area contributed by atoms with Crippen LogP contribution in [0.2, 0.25) is 0 Å². The summed E-state index contributed by atoms with van der Waals surface area (Å²) in [5.74, 6) is -2.03. The van der Waals surface area contributed by atoms with Crippen molar-refractivity contribution >= 4 is 5.97 Å². The van der Waals surface area contributed by atoms with Crippen LogP contribution in [-0.4, -0.2) is 22.4 Å². The molecular weight excluding hydrogens is 241 g/mol. The number of phenols is 1. The normalized spacial score (nSPS) is 16.9. The quantitative estimate of drug-likeness (QED) is 0.839. The number of rotatable bonds is 2. The largest absolute Gasteiger partial charge is 0.508 e. The van der Waals surface area contributed by atoms with Gasteiger partial charge in [0.2, 0.25) is 0 Å². The number of aromatic hydroxyl groups is 1. The second kappa shape index (κ2) is 3.19. The van der Waals surface area contributed by atoms with Gasteiger partial charge in [-0.2, -0.15) is 13.2 Å². The van der Waals surface area contributed by atoms with Crippen LogP contribution in [0, 0.1) is 0 Å². The maximum absolute atomic E-state index is 12.6. The van der Waals surface area contributed by atoms with Gasteiger partial charge in [0, 0.05) is 5.56 Å². The first-order chi connectivity index (χ1) is 7.76. The first-order valence-electron chi connectivity index (χ1n) is 4.35. The van der Waals surface area contributed by atoms with Gasteiger partial charge >= 0.3 is 17.8 Å². The molecule has 0 atom stereocenters. The number of carboxylic acids is 1. The molecule has 0 saturated heterocycles. The van der Waals surface area contributed by atoms with E-state index < -0.39 is 34.7 Å². The van der Waals surface area contributed by atoms with Crippen LogP contribution in [-0.2, 0) is 5.66 Å². The van der Waals surface area contributed by atoms with Gasteiger partial charge in [-0.25, -0.2) is 4.79 Å². The van der Waals surface area contributed by atoms with E-state index in [-0.39, 0.29) is 0 Å². The Morgan fingerprint density at radius 2 is 1.82 bits per heavy atom. The Bertz CT molecular complexity index is 519. The highest BCUT2D eigenvalue weighted by Gasteiger charge is 2.65. The van der Waals surface area contributed by atoms with Gasteiger partial charge in [-0.1, -0.05) is 0 Å². The van der Waals surface area contributed by atoms with E-state index in [1.54, 1.807) is 0 Å². The molecule has 1 aromatic carbocycles. The predicted octanol–water partition coefficient (Wildman–Crippen LogP) is 2.27. The van der Waals surface area contributed by atoms with Gasteiger partial charge in [-0.3, -0.25) is 0 Å². The Labute approximate surface area is 92.2 Å². The summed E-state index contributed by atoms with van der Waals surface area (Å²) in [5.41, 5.74) is -3.70. The van der Waals surface area contributed by atoms with Crippen LogP contribution in [0.25, 0.3) is 0 Å². The fourth-order valence-corrected chi connectivity index (χ4v) is 1.38. The van der Waals surface area contributed by atoms with E-state index in [4.69, 9.17) is 5.11 Å². The van der Waals surface area contributed by atoms with Crippen LogP contribution in [0.5, 0.6) is 5.75 Å². The van der Waals surface area contributed by atoms with Gasteiger partial charge in [0.15, 0.2) is 0 Å². The molecule has 0 aliphatic carbocycles. The van der Waals surface area contributed by atoms with E-state index in [2.05, 4.69) is 10.2 Å². The second-order valence-electron chi connectivity index (χ2n) is 3.44. The fourth-order valence-electron chi connectivity index (χ4n) is 1.38. The van der Waals surface area contributed by atoms with Crippen molar-refractivity contribution in [1.82, 2.24) is 0 Å². The smallest absolute Gasteiger partial charge is 0.442 e. The molecule has 0 radical (unpaired) electrons. The topological polar surface area (TPSA) is 82.2 Å². The lowest BCUT2D eigenvalue weighted by Gasteiger charge is -2.15. The maximum Gasteiger partial charge on any atom is 0.442 e. The van der Waals surface area contributed by atoms with Crippen molar-refractivity contribution in [3.05, 3.63) is 29.3 Å². The molecule has 5 nitrogen and oxygen atoms in total. The number of alkyl halides is 3. The maximum atomic E-state index is 12.6. The monoisotopic (exact) mass is 246 g/mol. The number of hydrogen-bond acceptors (Lipinski definition) is 4. The molecule has 1 aliphatic rings. The van der Waals surface area contributed by atoms with Crippen molar-refractivity contribution in [1.29, 1.82) is 0 Å². The van der Waals surface area contributed by atoms with Crippen LogP contribution in [0.4, 0.5) is 13.2 Å². The lowest BCUT2D eigenvalue weighted by Crippen LogP contribution is -2.30. The number of nitrogens with zero attached hydrogens (tertiary/aromatic N) is 2. The Morgan fingerprint density at radius 1 is 1.24 bits per heavy atom. The first kappa shape index (κ1) is 11.4. The zero-order chi connectivity index (χ0) is 12.8. The highest BCUT2D eigenvalue weighted by atomic mass is 19.4. The van der Waals surface area contributed by atoms with Crippen molar-refractivity contribution in [2.24, 2.45) is 10.2 Å². The Hall–Kier alpha value is -2.12. The minimum absolute atomic E-state index is 0.457. The van der Waals surface area contributed by atoms with Crippen LogP contribution in [0.1, 0.15) is 15.9 Å². The van der Waals surface area contributed by atoms with Crippen LogP contribution in [0.15, 0.2) is 28.4 Å². The molecule has 0 bridgehead atoms. The third-order valence-electron chi connectivity index (χ3n) is 2.26. The summed E-state index contributed by atoms with van der Waals surface area (Å²) in [6, 6.07) is 2.42. The van der Waals surface area contributed by atoms with E-state index in [1.165, 1.54) is 0 Å². The molecule has 1 aromatic rings. The third kappa shape index (κ3) is 1.71. The second-order valence-corrected chi connectivity index (χ2v) is 3.44. The summed E-state index contributed by atoms with van der Waals surface area (Å²) >= 11 is 0. The lowest BCUT2D eigenvalue weighted by atomic mass is 10.00. The molecule has 17 heavy (non-hydrogen) atoms. The average molecular weight is 246 g/mol. The van der Waals surface area contributed by atoms with Crippen molar-refractivity contribution in [3.8, 4) is 5.75 Å². The number of carboxylic acid groups (broad SMARTS) is 1. The first-order valence-corrected chi connectivity index (χ1v) is 4.35. The summed E-state index contributed by atoms with van der Waals surface area (Å²) in [4.78, 5) is 10.6. The van der Waals surface area contributed by atoms with Crippen molar-refractivity contribution in [3.63, 3.8) is 0 Å². The summed E-state index contributed by atoms with van der Waals surface area (Å²) in [5, 5.41) is 23.7. The Morgan fingerprint density at radius 3 is 2.24 bits per heavy atom. The van der Waals surface area contributed by atoms with E-state index in [9.17, 15) is 23.1 Å². The molecule has 90 valence electrons. The standard InChI is InChI=1S/C9H5F3N2O3/c10-9(11,12)8(13-14-8)5-1-4(7(16)17)2-6(15)3-5/h1-3,15H,(H,16,17). The number of benzene rings is 1. The van der Waals surface area contributed by atoms with Crippen LogP contribution >= 0.6 is 0 Å². The minimum atomic E-state index is -4.75. The zero-order valence-electron chi connectivity index (χ0n) is 8.06. The highest BCUT2D eigenvalue weighted by molar-refractivity contribution is 5.88. The summed E-state index contributed by atoms with van der Waals surface area (Å²) in [7, 11) is 0. The van der Waals surface area contributed by atoms with Gasteiger partial charge in [-0.15, -0.1) is 10.2 Å². The van der Waals surface area contributed by atoms with Gasteiger partial charge in [0.05, 0.1) is 5.56 Å². The number of aromatic carboxylic acids is 1. The molecule has 2 rings (SSSR count). The van der Waals surface area contributed by atoms with Crippen molar-refractivity contribution < 1.29 is 28.2 Å². The highest BCUT2D eigenvalue weighted by Crippen LogP contribution is 2.52. The Balaban J connectivity index is 2.51. The van der Waals surface area contributed by atoms with Gasteiger partial charge in [0.1, 0.15) is 5.75 Å². The Kier molecular flexibility index (Phi) is 2.13. The van der Waals surface area contributed by atoms with E-state index >= 15 is 0 Å². The molecule has 1 heterocycles. The number of phenolic OH excluding ortho intramolecular Hbond substituents is 1. The molecule has 8 heteroatoms. The summed E-state index contributed by atoms with van der Waals surface area (Å²) in [6.45, 7) is 0. The molecule has 0 amide bonds. The predicted molar refractivity (Wildman–Crippen MR) is 47.7 cm³/mol. The molecule has 0 spiro atoms. The van der Waals surface area contributed by atoms with Crippen molar-refractivity contribution in [2.75, 3.05) is 0 Å². The molecule has 0 fully saturated rings. The van der Waals surface area contributed by atoms with Crippen LogP contribution < -0.4 is 0 Å². The molecule has 0 unspecified atom stereocenters. The van der Waals surface area contributed by atoms with E-state index in [1.807, 2.05) is 0 Å². The SMILES string of the molecule is O=C(O)c1cc(O)cc(C2(C(F)(F)F)N=N2)c1. The average Bonchev–Trinajstić information content (AvgIpc) is 2.95. The molecular formula is C9H5F3N2O3. The van der Waals surface area contributed by atoms with Gasteiger partial charge in [-0.05, 0) is 18.2 Å².